The number of rotatable bonds is 7. The molecule has 0 aliphatic carbocycles. The highest BCUT2D eigenvalue weighted by Crippen LogP contribution is 2.12. The lowest BCUT2D eigenvalue weighted by atomic mass is 10.2. The van der Waals surface area contributed by atoms with E-state index in [-0.39, 0.29) is 30.1 Å². The van der Waals surface area contributed by atoms with Crippen molar-refractivity contribution in [2.45, 2.75) is 32.2 Å². The van der Waals surface area contributed by atoms with Crippen molar-refractivity contribution in [1.82, 2.24) is 25.5 Å². The number of halogens is 1. The molecule has 118 valence electrons. The smallest absolute Gasteiger partial charge is 0.230 e. The molecule has 2 rings (SSSR count). The number of aromatic nitrogens is 4. The van der Waals surface area contributed by atoms with E-state index in [2.05, 4.69) is 20.8 Å². The van der Waals surface area contributed by atoms with Gasteiger partial charge in [0.1, 0.15) is 5.82 Å². The minimum Gasteiger partial charge on any atom is -0.351 e. The van der Waals surface area contributed by atoms with E-state index in [1.54, 1.807) is 22.9 Å². The van der Waals surface area contributed by atoms with E-state index in [1.165, 1.54) is 17.8 Å². The number of benzene rings is 1. The van der Waals surface area contributed by atoms with Crippen LogP contribution in [0.15, 0.2) is 24.3 Å². The van der Waals surface area contributed by atoms with Crippen LogP contribution in [0, 0.1) is 5.82 Å². The average Bonchev–Trinajstić information content (AvgIpc) is 2.95. The second kappa shape index (κ2) is 7.88. The van der Waals surface area contributed by atoms with Gasteiger partial charge in [0.25, 0.3) is 0 Å². The molecule has 0 fully saturated rings. The van der Waals surface area contributed by atoms with Crippen molar-refractivity contribution in [1.29, 1.82) is 0 Å². The van der Waals surface area contributed by atoms with Crippen LogP contribution in [-0.2, 0) is 17.1 Å². The molecule has 0 bridgehead atoms. The third kappa shape index (κ3) is 4.52. The number of amides is 1. The Hall–Kier alpha value is -1.96. The summed E-state index contributed by atoms with van der Waals surface area (Å²) in [5.41, 5.74) is 0.476. The number of nitrogens with zero attached hydrogens (tertiary/aromatic N) is 4. The van der Waals surface area contributed by atoms with Gasteiger partial charge in [-0.1, -0.05) is 18.2 Å². The molecule has 0 unspecified atom stereocenters. The van der Waals surface area contributed by atoms with Crippen LogP contribution in [0.1, 0.15) is 31.3 Å². The summed E-state index contributed by atoms with van der Waals surface area (Å²) in [6.07, 6.45) is 0. The highest BCUT2D eigenvalue weighted by molar-refractivity contribution is 7.99. The molecule has 1 amide bonds. The van der Waals surface area contributed by atoms with Crippen molar-refractivity contribution in [3.8, 4) is 0 Å². The van der Waals surface area contributed by atoms with Crippen LogP contribution in [0.2, 0.25) is 0 Å². The number of hydrogen-bond acceptors (Lipinski definition) is 5. The fraction of sp³-hybridized carbons (Fsp3) is 0.429. The normalized spacial score (nSPS) is 10.9. The summed E-state index contributed by atoms with van der Waals surface area (Å²) in [6, 6.07) is 6.57. The lowest BCUT2D eigenvalue weighted by Gasteiger charge is -2.08. The summed E-state index contributed by atoms with van der Waals surface area (Å²) in [4.78, 5) is 11.8. The van der Waals surface area contributed by atoms with Gasteiger partial charge in [-0.3, -0.25) is 4.79 Å². The van der Waals surface area contributed by atoms with Gasteiger partial charge in [0.15, 0.2) is 5.82 Å². The quantitative estimate of drug-likeness (QED) is 0.843. The summed E-state index contributed by atoms with van der Waals surface area (Å²) in [7, 11) is 0. The average molecular weight is 323 g/mol. The largest absolute Gasteiger partial charge is 0.351 e. The SMILES string of the molecule is CC(C)n1nnnc1CSCC(=O)NCc1ccccc1F. The Balaban J connectivity index is 1.74. The molecule has 6 nitrogen and oxygen atoms in total. The second-order valence-electron chi connectivity index (χ2n) is 4.99. The van der Waals surface area contributed by atoms with E-state index in [0.29, 0.717) is 11.3 Å². The molecule has 0 saturated carbocycles. The molecule has 0 radical (unpaired) electrons. The van der Waals surface area contributed by atoms with Gasteiger partial charge in [-0.25, -0.2) is 9.07 Å². The second-order valence-corrected chi connectivity index (χ2v) is 5.98. The first-order chi connectivity index (χ1) is 10.6. The molecule has 8 heteroatoms. The van der Waals surface area contributed by atoms with Crippen molar-refractivity contribution in [3.63, 3.8) is 0 Å². The summed E-state index contributed by atoms with van der Waals surface area (Å²) < 4.78 is 15.1. The predicted octanol–water partition coefficient (Wildman–Crippen LogP) is 1.94. The summed E-state index contributed by atoms with van der Waals surface area (Å²) in [5.74, 6) is 1.11. The predicted molar refractivity (Wildman–Crippen MR) is 82.6 cm³/mol. The van der Waals surface area contributed by atoms with E-state index < -0.39 is 0 Å². The Bertz CT molecular complexity index is 631. The van der Waals surface area contributed by atoms with Crippen molar-refractivity contribution >= 4 is 17.7 Å². The molecule has 1 aromatic heterocycles. The number of nitrogens with one attached hydrogen (secondary N) is 1. The minimum atomic E-state index is -0.313. The minimum absolute atomic E-state index is 0.142. The highest BCUT2D eigenvalue weighted by atomic mass is 32.2. The Morgan fingerprint density at radius 2 is 2.18 bits per heavy atom. The van der Waals surface area contributed by atoms with Crippen LogP contribution in [-0.4, -0.2) is 31.9 Å². The van der Waals surface area contributed by atoms with Gasteiger partial charge in [0.2, 0.25) is 5.91 Å². The molecular weight excluding hydrogens is 305 g/mol. The number of carbonyl (C=O) groups is 1. The lowest BCUT2D eigenvalue weighted by Crippen LogP contribution is -2.25. The molecule has 0 spiro atoms. The van der Waals surface area contributed by atoms with Crippen molar-refractivity contribution < 1.29 is 9.18 Å². The maximum absolute atomic E-state index is 13.4. The van der Waals surface area contributed by atoms with Gasteiger partial charge in [0.05, 0.1) is 17.5 Å². The van der Waals surface area contributed by atoms with E-state index in [1.807, 2.05) is 13.8 Å². The first-order valence-corrected chi connectivity index (χ1v) is 8.08. The number of thioether (sulfide) groups is 1. The summed E-state index contributed by atoms with van der Waals surface area (Å²) in [6.45, 7) is 4.17. The number of tetrazole rings is 1. The Morgan fingerprint density at radius 1 is 1.41 bits per heavy atom. The first kappa shape index (κ1) is 16.4. The topological polar surface area (TPSA) is 72.7 Å². The maximum atomic E-state index is 13.4. The summed E-state index contributed by atoms with van der Waals surface area (Å²) in [5, 5.41) is 14.2. The van der Waals surface area contributed by atoms with Gasteiger partial charge >= 0.3 is 0 Å². The Labute approximate surface area is 132 Å². The molecule has 1 heterocycles. The van der Waals surface area contributed by atoms with E-state index >= 15 is 0 Å². The van der Waals surface area contributed by atoms with Gasteiger partial charge in [-0.05, 0) is 30.3 Å². The Kier molecular flexibility index (Phi) is 5.88. The highest BCUT2D eigenvalue weighted by Gasteiger charge is 2.10. The molecule has 22 heavy (non-hydrogen) atoms. The third-order valence-electron chi connectivity index (χ3n) is 2.95. The molecule has 1 N–H and O–H groups in total. The summed E-state index contributed by atoms with van der Waals surface area (Å²) >= 11 is 1.42. The van der Waals surface area contributed by atoms with Gasteiger partial charge in [-0.2, -0.15) is 0 Å². The van der Waals surface area contributed by atoms with Gasteiger partial charge < -0.3 is 5.32 Å². The zero-order valence-electron chi connectivity index (χ0n) is 12.5. The number of hydrogen-bond donors (Lipinski definition) is 1. The zero-order valence-corrected chi connectivity index (χ0v) is 13.3. The Morgan fingerprint density at radius 3 is 2.91 bits per heavy atom. The van der Waals surface area contributed by atoms with Crippen LogP contribution in [0.5, 0.6) is 0 Å². The fourth-order valence-electron chi connectivity index (χ4n) is 1.83. The molecule has 0 saturated heterocycles. The van der Waals surface area contributed by atoms with E-state index in [4.69, 9.17) is 0 Å². The van der Waals surface area contributed by atoms with E-state index in [9.17, 15) is 9.18 Å². The van der Waals surface area contributed by atoms with Crippen LogP contribution >= 0.6 is 11.8 Å². The van der Waals surface area contributed by atoms with Crippen molar-refractivity contribution in [3.05, 3.63) is 41.5 Å². The van der Waals surface area contributed by atoms with Crippen molar-refractivity contribution in [2.75, 3.05) is 5.75 Å². The van der Waals surface area contributed by atoms with Gasteiger partial charge in [0, 0.05) is 12.1 Å². The molecule has 0 atom stereocenters. The lowest BCUT2D eigenvalue weighted by molar-refractivity contribution is -0.118. The van der Waals surface area contributed by atoms with Gasteiger partial charge in [-0.15, -0.1) is 16.9 Å². The monoisotopic (exact) mass is 323 g/mol. The van der Waals surface area contributed by atoms with Crippen LogP contribution in [0.4, 0.5) is 4.39 Å². The third-order valence-corrected chi connectivity index (χ3v) is 3.88. The van der Waals surface area contributed by atoms with Crippen molar-refractivity contribution in [2.24, 2.45) is 0 Å². The standard InChI is InChI=1S/C14H18FN5OS/c1-10(2)20-13(17-18-19-20)8-22-9-14(21)16-7-11-5-3-4-6-12(11)15/h3-6,10H,7-9H2,1-2H3,(H,16,21). The fourth-order valence-corrected chi connectivity index (χ4v) is 2.59. The molecule has 1 aromatic carbocycles. The first-order valence-electron chi connectivity index (χ1n) is 6.92. The van der Waals surface area contributed by atoms with Crippen LogP contribution < -0.4 is 5.32 Å². The maximum Gasteiger partial charge on any atom is 0.230 e. The molecule has 0 aliphatic rings. The molecule has 0 aliphatic heterocycles. The zero-order chi connectivity index (χ0) is 15.9. The number of carbonyl (C=O) groups excluding carboxylic acids is 1. The molecular formula is C14H18FN5OS. The van der Waals surface area contributed by atoms with Crippen LogP contribution in [0.3, 0.4) is 0 Å². The molecule has 2 aromatic rings. The van der Waals surface area contributed by atoms with Crippen LogP contribution in [0.25, 0.3) is 0 Å². The van der Waals surface area contributed by atoms with E-state index in [0.717, 1.165) is 5.82 Å².